The lowest BCUT2D eigenvalue weighted by Gasteiger charge is -2.08. The molecule has 3 rings (SSSR count). The summed E-state index contributed by atoms with van der Waals surface area (Å²) in [5.74, 6) is 1.29. The van der Waals surface area contributed by atoms with Crippen molar-refractivity contribution in [2.24, 2.45) is 0 Å². The molecular weight excluding hydrogens is 316 g/mol. The first kappa shape index (κ1) is 16.6. The van der Waals surface area contributed by atoms with Gasteiger partial charge in [0.15, 0.2) is 5.82 Å². The Hall–Kier alpha value is -3.22. The lowest BCUT2D eigenvalue weighted by molar-refractivity contribution is 0.0955. The van der Waals surface area contributed by atoms with E-state index in [0.29, 0.717) is 30.3 Å². The van der Waals surface area contributed by atoms with Crippen LogP contribution in [0.2, 0.25) is 0 Å². The summed E-state index contributed by atoms with van der Waals surface area (Å²) in [6.45, 7) is 3.15. The van der Waals surface area contributed by atoms with E-state index in [1.54, 1.807) is 16.9 Å². The van der Waals surface area contributed by atoms with Crippen LogP contribution in [0.3, 0.4) is 0 Å². The molecule has 0 spiro atoms. The van der Waals surface area contributed by atoms with E-state index >= 15 is 0 Å². The molecule has 2 N–H and O–H groups in total. The number of benzene rings is 1. The van der Waals surface area contributed by atoms with Crippen LogP contribution in [-0.4, -0.2) is 38.7 Å². The maximum atomic E-state index is 12.1. The SMILES string of the molecule is CCc1ccc(C(=O)NCCNc2cc(-n3cccn3)ncn2)cc1. The maximum Gasteiger partial charge on any atom is 0.251 e. The fraction of sp³-hybridized carbons (Fsp3) is 0.222. The molecule has 0 unspecified atom stereocenters. The number of rotatable bonds is 7. The Labute approximate surface area is 146 Å². The average molecular weight is 336 g/mol. The Morgan fingerprint density at radius 3 is 2.72 bits per heavy atom. The second-order valence-electron chi connectivity index (χ2n) is 5.45. The van der Waals surface area contributed by atoms with E-state index in [1.807, 2.05) is 36.5 Å². The smallest absolute Gasteiger partial charge is 0.251 e. The van der Waals surface area contributed by atoms with Crippen LogP contribution in [0, 0.1) is 0 Å². The second-order valence-corrected chi connectivity index (χ2v) is 5.45. The van der Waals surface area contributed by atoms with Crippen LogP contribution in [0.4, 0.5) is 5.82 Å². The van der Waals surface area contributed by atoms with Crippen molar-refractivity contribution in [3.05, 3.63) is 66.2 Å². The minimum Gasteiger partial charge on any atom is -0.368 e. The Morgan fingerprint density at radius 2 is 2.00 bits per heavy atom. The van der Waals surface area contributed by atoms with Gasteiger partial charge in [-0.3, -0.25) is 4.79 Å². The normalized spacial score (nSPS) is 10.4. The third-order valence-electron chi connectivity index (χ3n) is 3.73. The molecule has 2 heterocycles. The number of nitrogens with one attached hydrogen (secondary N) is 2. The lowest BCUT2D eigenvalue weighted by atomic mass is 10.1. The number of aryl methyl sites for hydroxylation is 1. The summed E-state index contributed by atoms with van der Waals surface area (Å²) in [7, 11) is 0. The molecule has 0 aliphatic heterocycles. The largest absolute Gasteiger partial charge is 0.368 e. The molecule has 1 amide bonds. The summed E-state index contributed by atoms with van der Waals surface area (Å²) in [6, 6.07) is 11.3. The highest BCUT2D eigenvalue weighted by Gasteiger charge is 2.05. The van der Waals surface area contributed by atoms with Gasteiger partial charge in [-0.25, -0.2) is 14.6 Å². The van der Waals surface area contributed by atoms with Gasteiger partial charge in [-0.1, -0.05) is 19.1 Å². The molecule has 0 saturated carbocycles. The van der Waals surface area contributed by atoms with Crippen LogP contribution in [0.1, 0.15) is 22.8 Å². The zero-order valence-electron chi connectivity index (χ0n) is 14.0. The molecule has 7 heteroatoms. The molecule has 0 bridgehead atoms. The van der Waals surface area contributed by atoms with Crippen molar-refractivity contribution in [2.75, 3.05) is 18.4 Å². The van der Waals surface area contributed by atoms with Crippen molar-refractivity contribution < 1.29 is 4.79 Å². The fourth-order valence-electron chi connectivity index (χ4n) is 2.33. The molecule has 0 aliphatic rings. The van der Waals surface area contributed by atoms with Crippen LogP contribution in [0.15, 0.2) is 55.1 Å². The molecule has 2 aromatic heterocycles. The highest BCUT2D eigenvalue weighted by molar-refractivity contribution is 5.94. The van der Waals surface area contributed by atoms with Crippen LogP contribution < -0.4 is 10.6 Å². The number of anilines is 1. The van der Waals surface area contributed by atoms with Crippen molar-refractivity contribution in [1.29, 1.82) is 0 Å². The van der Waals surface area contributed by atoms with Crippen molar-refractivity contribution in [3.63, 3.8) is 0 Å². The maximum absolute atomic E-state index is 12.1. The molecule has 25 heavy (non-hydrogen) atoms. The molecule has 0 radical (unpaired) electrons. The van der Waals surface area contributed by atoms with E-state index in [4.69, 9.17) is 0 Å². The second kappa shape index (κ2) is 8.05. The molecule has 0 saturated heterocycles. The summed E-state index contributed by atoms with van der Waals surface area (Å²) >= 11 is 0. The van der Waals surface area contributed by atoms with Gasteiger partial charge >= 0.3 is 0 Å². The molecular formula is C18H20N6O. The Balaban J connectivity index is 1.48. The third kappa shape index (κ3) is 4.41. The quantitative estimate of drug-likeness (QED) is 0.645. The van der Waals surface area contributed by atoms with Crippen molar-refractivity contribution in [2.45, 2.75) is 13.3 Å². The monoisotopic (exact) mass is 336 g/mol. The summed E-state index contributed by atoms with van der Waals surface area (Å²) in [5.41, 5.74) is 1.88. The van der Waals surface area contributed by atoms with E-state index in [9.17, 15) is 4.79 Å². The fourth-order valence-corrected chi connectivity index (χ4v) is 2.33. The van der Waals surface area contributed by atoms with Crippen LogP contribution in [0.25, 0.3) is 5.82 Å². The number of aromatic nitrogens is 4. The standard InChI is InChI=1S/C18H20N6O/c1-2-14-4-6-15(7-5-14)18(25)20-10-9-19-16-12-17(22-13-21-16)24-11-3-8-23-24/h3-8,11-13H,2,9-10H2,1H3,(H,20,25)(H,19,21,22). The van der Waals surface area contributed by atoms with Crippen LogP contribution >= 0.6 is 0 Å². The molecule has 0 fully saturated rings. The summed E-state index contributed by atoms with van der Waals surface area (Å²) in [6.07, 6.45) is 5.95. The van der Waals surface area contributed by atoms with E-state index < -0.39 is 0 Å². The number of carbonyl (C=O) groups is 1. The number of hydrogen-bond acceptors (Lipinski definition) is 5. The van der Waals surface area contributed by atoms with Gasteiger partial charge in [-0.05, 0) is 30.2 Å². The summed E-state index contributed by atoms with van der Waals surface area (Å²) in [4.78, 5) is 20.4. The molecule has 1 aromatic carbocycles. The number of carbonyl (C=O) groups excluding carboxylic acids is 1. The molecule has 0 atom stereocenters. The molecule has 128 valence electrons. The Morgan fingerprint density at radius 1 is 1.16 bits per heavy atom. The van der Waals surface area contributed by atoms with Crippen molar-refractivity contribution in [1.82, 2.24) is 25.1 Å². The average Bonchev–Trinajstić information content (AvgIpc) is 3.20. The topological polar surface area (TPSA) is 84.7 Å². The predicted octanol–water partition coefficient (Wildman–Crippen LogP) is 2.07. The van der Waals surface area contributed by atoms with Crippen molar-refractivity contribution >= 4 is 11.7 Å². The highest BCUT2D eigenvalue weighted by Crippen LogP contribution is 2.07. The molecule has 0 aliphatic carbocycles. The Kier molecular flexibility index (Phi) is 5.36. The number of hydrogen-bond donors (Lipinski definition) is 2. The van der Waals surface area contributed by atoms with Gasteiger partial charge in [-0.2, -0.15) is 5.10 Å². The molecule has 3 aromatic rings. The predicted molar refractivity (Wildman–Crippen MR) is 95.8 cm³/mol. The van der Waals surface area contributed by atoms with Gasteiger partial charge in [0.25, 0.3) is 5.91 Å². The first-order chi connectivity index (χ1) is 12.3. The van der Waals surface area contributed by atoms with E-state index in [-0.39, 0.29) is 5.91 Å². The number of nitrogens with zero attached hydrogens (tertiary/aromatic N) is 4. The van der Waals surface area contributed by atoms with Gasteiger partial charge in [0.2, 0.25) is 0 Å². The summed E-state index contributed by atoms with van der Waals surface area (Å²) in [5, 5.41) is 10.2. The first-order valence-electron chi connectivity index (χ1n) is 8.19. The first-order valence-corrected chi connectivity index (χ1v) is 8.19. The molecule has 7 nitrogen and oxygen atoms in total. The van der Waals surface area contributed by atoms with Gasteiger partial charge in [0.1, 0.15) is 12.1 Å². The minimum absolute atomic E-state index is 0.0793. The minimum atomic E-state index is -0.0793. The van der Waals surface area contributed by atoms with Crippen LogP contribution in [-0.2, 0) is 6.42 Å². The highest BCUT2D eigenvalue weighted by atomic mass is 16.1. The summed E-state index contributed by atoms with van der Waals surface area (Å²) < 4.78 is 1.66. The van der Waals surface area contributed by atoms with Gasteiger partial charge < -0.3 is 10.6 Å². The van der Waals surface area contributed by atoms with Gasteiger partial charge in [-0.15, -0.1) is 0 Å². The third-order valence-corrected chi connectivity index (χ3v) is 3.73. The van der Waals surface area contributed by atoms with Gasteiger partial charge in [0, 0.05) is 37.1 Å². The lowest BCUT2D eigenvalue weighted by Crippen LogP contribution is -2.28. The van der Waals surface area contributed by atoms with E-state index in [1.165, 1.54) is 11.9 Å². The van der Waals surface area contributed by atoms with E-state index in [2.05, 4.69) is 32.6 Å². The van der Waals surface area contributed by atoms with Crippen LogP contribution in [0.5, 0.6) is 0 Å². The number of amides is 1. The zero-order valence-corrected chi connectivity index (χ0v) is 14.0. The van der Waals surface area contributed by atoms with Crippen molar-refractivity contribution in [3.8, 4) is 5.82 Å². The van der Waals surface area contributed by atoms with Gasteiger partial charge in [0.05, 0.1) is 0 Å². The Bertz CT molecular complexity index is 814. The van der Waals surface area contributed by atoms with E-state index in [0.717, 1.165) is 6.42 Å². The zero-order chi connectivity index (χ0) is 17.5.